The minimum absolute atomic E-state index is 0.364. The standard InChI is InChI=1S/C11H22N2O/c1-3-11(14)8-13(9-11)7-10-5-4-6-12(10)2/h10,14H,3-9H2,1-2H3. The molecule has 2 saturated heterocycles. The lowest BCUT2D eigenvalue weighted by Crippen LogP contribution is -2.63. The SMILES string of the molecule is CCC1(O)CN(CC2CCCN2C)C1. The predicted octanol–water partition coefficient (Wildman–Crippen LogP) is 0.537. The van der Waals surface area contributed by atoms with Gasteiger partial charge >= 0.3 is 0 Å². The fourth-order valence-corrected chi connectivity index (χ4v) is 2.65. The van der Waals surface area contributed by atoms with Gasteiger partial charge in [-0.05, 0) is 32.9 Å². The van der Waals surface area contributed by atoms with Crippen molar-refractivity contribution in [2.75, 3.05) is 33.2 Å². The fraction of sp³-hybridized carbons (Fsp3) is 1.00. The third-order valence-corrected chi connectivity index (χ3v) is 3.83. The van der Waals surface area contributed by atoms with Crippen molar-refractivity contribution in [2.24, 2.45) is 0 Å². The average molecular weight is 198 g/mol. The topological polar surface area (TPSA) is 26.7 Å². The van der Waals surface area contributed by atoms with Crippen LogP contribution in [0.15, 0.2) is 0 Å². The number of likely N-dealkylation sites (N-methyl/N-ethyl adjacent to an activating group) is 1. The van der Waals surface area contributed by atoms with Crippen molar-refractivity contribution in [3.8, 4) is 0 Å². The Morgan fingerprint density at radius 3 is 2.64 bits per heavy atom. The third-order valence-electron chi connectivity index (χ3n) is 3.83. The van der Waals surface area contributed by atoms with Crippen LogP contribution in [0, 0.1) is 0 Å². The van der Waals surface area contributed by atoms with Crippen molar-refractivity contribution in [1.29, 1.82) is 0 Å². The molecule has 0 aromatic rings. The Morgan fingerprint density at radius 1 is 1.43 bits per heavy atom. The van der Waals surface area contributed by atoms with Crippen LogP contribution in [-0.2, 0) is 0 Å². The molecule has 0 amide bonds. The van der Waals surface area contributed by atoms with Crippen LogP contribution >= 0.6 is 0 Å². The molecule has 2 heterocycles. The molecular weight excluding hydrogens is 176 g/mol. The molecule has 1 atom stereocenters. The number of hydrogen-bond acceptors (Lipinski definition) is 3. The largest absolute Gasteiger partial charge is 0.387 e. The van der Waals surface area contributed by atoms with Crippen LogP contribution in [0.4, 0.5) is 0 Å². The summed E-state index contributed by atoms with van der Waals surface area (Å²) in [6, 6.07) is 0.733. The molecule has 14 heavy (non-hydrogen) atoms. The number of hydrogen-bond donors (Lipinski definition) is 1. The highest BCUT2D eigenvalue weighted by Crippen LogP contribution is 2.26. The van der Waals surface area contributed by atoms with E-state index in [1.54, 1.807) is 0 Å². The van der Waals surface area contributed by atoms with E-state index in [1.165, 1.54) is 19.4 Å². The van der Waals surface area contributed by atoms with E-state index in [4.69, 9.17) is 0 Å². The molecule has 0 aliphatic carbocycles. The van der Waals surface area contributed by atoms with Gasteiger partial charge in [-0.25, -0.2) is 0 Å². The van der Waals surface area contributed by atoms with Crippen LogP contribution in [0.5, 0.6) is 0 Å². The maximum Gasteiger partial charge on any atom is 0.0897 e. The van der Waals surface area contributed by atoms with Gasteiger partial charge in [0.1, 0.15) is 0 Å². The summed E-state index contributed by atoms with van der Waals surface area (Å²) in [4.78, 5) is 4.83. The Hall–Kier alpha value is -0.120. The molecule has 82 valence electrons. The van der Waals surface area contributed by atoms with Gasteiger partial charge in [0.2, 0.25) is 0 Å². The van der Waals surface area contributed by atoms with Crippen molar-refractivity contribution in [1.82, 2.24) is 9.80 Å². The van der Waals surface area contributed by atoms with E-state index in [2.05, 4.69) is 23.8 Å². The lowest BCUT2D eigenvalue weighted by molar-refractivity contribution is -0.104. The number of aliphatic hydroxyl groups is 1. The van der Waals surface area contributed by atoms with Gasteiger partial charge in [0.05, 0.1) is 5.60 Å². The van der Waals surface area contributed by atoms with Crippen LogP contribution in [0.1, 0.15) is 26.2 Å². The van der Waals surface area contributed by atoms with Gasteiger partial charge in [0.25, 0.3) is 0 Å². The minimum atomic E-state index is -0.364. The number of β-amino-alcohol motifs (C(OH)–C–C–N with tert-alkyl or cyclic N) is 1. The molecule has 3 nitrogen and oxygen atoms in total. The first kappa shape index (κ1) is 10.4. The first-order chi connectivity index (χ1) is 6.63. The van der Waals surface area contributed by atoms with E-state index < -0.39 is 0 Å². The molecule has 2 fully saturated rings. The number of nitrogens with zero attached hydrogens (tertiary/aromatic N) is 2. The lowest BCUT2D eigenvalue weighted by Gasteiger charge is -2.47. The van der Waals surface area contributed by atoms with Crippen molar-refractivity contribution < 1.29 is 5.11 Å². The molecular formula is C11H22N2O. The zero-order chi connectivity index (χ0) is 10.2. The predicted molar refractivity (Wildman–Crippen MR) is 57.3 cm³/mol. The molecule has 0 aromatic carbocycles. The summed E-state index contributed by atoms with van der Waals surface area (Å²) in [6.45, 7) is 6.23. The summed E-state index contributed by atoms with van der Waals surface area (Å²) in [7, 11) is 2.21. The molecule has 1 unspecified atom stereocenters. The highest BCUT2D eigenvalue weighted by Gasteiger charge is 2.40. The van der Waals surface area contributed by atoms with Crippen molar-refractivity contribution in [2.45, 2.75) is 37.8 Å². The fourth-order valence-electron chi connectivity index (χ4n) is 2.65. The second-order valence-corrected chi connectivity index (χ2v) is 5.02. The first-order valence-electron chi connectivity index (χ1n) is 5.78. The van der Waals surface area contributed by atoms with Crippen molar-refractivity contribution >= 4 is 0 Å². The first-order valence-corrected chi connectivity index (χ1v) is 5.78. The summed E-state index contributed by atoms with van der Waals surface area (Å²) < 4.78 is 0. The van der Waals surface area contributed by atoms with Crippen LogP contribution in [0.3, 0.4) is 0 Å². The number of rotatable bonds is 3. The zero-order valence-corrected chi connectivity index (χ0v) is 9.37. The molecule has 2 aliphatic rings. The lowest BCUT2D eigenvalue weighted by atomic mass is 9.91. The Labute approximate surface area is 86.7 Å². The Kier molecular flexibility index (Phi) is 2.82. The molecule has 0 spiro atoms. The van der Waals surface area contributed by atoms with Gasteiger partial charge in [0, 0.05) is 25.7 Å². The van der Waals surface area contributed by atoms with E-state index in [0.29, 0.717) is 0 Å². The second kappa shape index (κ2) is 3.80. The summed E-state index contributed by atoms with van der Waals surface area (Å²) in [5.41, 5.74) is -0.364. The summed E-state index contributed by atoms with van der Waals surface area (Å²) in [5, 5.41) is 9.87. The van der Waals surface area contributed by atoms with E-state index in [0.717, 1.165) is 32.1 Å². The Bertz CT molecular complexity index is 201. The van der Waals surface area contributed by atoms with E-state index in [9.17, 15) is 5.11 Å². The Balaban J connectivity index is 1.73. The molecule has 2 aliphatic heterocycles. The number of likely N-dealkylation sites (tertiary alicyclic amines) is 2. The molecule has 2 rings (SSSR count). The van der Waals surface area contributed by atoms with E-state index in [-0.39, 0.29) is 5.60 Å². The summed E-state index contributed by atoms with van der Waals surface area (Å²) in [6.07, 6.45) is 3.56. The van der Waals surface area contributed by atoms with Gasteiger partial charge in [-0.15, -0.1) is 0 Å². The zero-order valence-electron chi connectivity index (χ0n) is 9.37. The summed E-state index contributed by atoms with van der Waals surface area (Å²) >= 11 is 0. The second-order valence-electron chi connectivity index (χ2n) is 5.02. The highest BCUT2D eigenvalue weighted by atomic mass is 16.3. The maximum atomic E-state index is 9.87. The summed E-state index contributed by atoms with van der Waals surface area (Å²) in [5.74, 6) is 0. The molecule has 3 heteroatoms. The molecule has 0 aromatic heterocycles. The molecule has 0 bridgehead atoms. The quantitative estimate of drug-likeness (QED) is 0.717. The van der Waals surface area contributed by atoms with Crippen molar-refractivity contribution in [3.05, 3.63) is 0 Å². The normalized spacial score (nSPS) is 33.2. The van der Waals surface area contributed by atoms with Gasteiger partial charge in [-0.1, -0.05) is 6.92 Å². The third kappa shape index (κ3) is 1.95. The van der Waals surface area contributed by atoms with Crippen LogP contribution in [-0.4, -0.2) is 59.8 Å². The smallest absolute Gasteiger partial charge is 0.0897 e. The van der Waals surface area contributed by atoms with Crippen molar-refractivity contribution in [3.63, 3.8) is 0 Å². The molecule has 0 radical (unpaired) electrons. The van der Waals surface area contributed by atoms with Gasteiger partial charge in [0.15, 0.2) is 0 Å². The highest BCUT2D eigenvalue weighted by molar-refractivity contribution is 4.96. The van der Waals surface area contributed by atoms with Gasteiger partial charge in [-0.2, -0.15) is 0 Å². The van der Waals surface area contributed by atoms with Gasteiger partial charge < -0.3 is 10.0 Å². The van der Waals surface area contributed by atoms with Gasteiger partial charge in [-0.3, -0.25) is 4.90 Å². The maximum absolute atomic E-state index is 9.87. The molecule has 1 N–H and O–H groups in total. The van der Waals surface area contributed by atoms with Crippen LogP contribution in [0.25, 0.3) is 0 Å². The Morgan fingerprint density at radius 2 is 2.14 bits per heavy atom. The van der Waals surface area contributed by atoms with E-state index >= 15 is 0 Å². The van der Waals surface area contributed by atoms with E-state index in [1.807, 2.05) is 0 Å². The molecule has 0 saturated carbocycles. The monoisotopic (exact) mass is 198 g/mol. The minimum Gasteiger partial charge on any atom is -0.387 e. The van der Waals surface area contributed by atoms with Crippen LogP contribution < -0.4 is 0 Å². The average Bonchev–Trinajstić information content (AvgIpc) is 2.49. The van der Waals surface area contributed by atoms with Crippen LogP contribution in [0.2, 0.25) is 0 Å².